The fourth-order valence-electron chi connectivity index (χ4n) is 3.36. The number of hydrogen-bond donors (Lipinski definition) is 0. The summed E-state index contributed by atoms with van der Waals surface area (Å²) in [7, 11) is 0. The Labute approximate surface area is 100 Å². The summed E-state index contributed by atoms with van der Waals surface area (Å²) >= 11 is 0. The van der Waals surface area contributed by atoms with E-state index in [9.17, 15) is 0 Å². The summed E-state index contributed by atoms with van der Waals surface area (Å²) in [5.41, 5.74) is 8.55. The van der Waals surface area contributed by atoms with Crippen LogP contribution in [-0.2, 0) is 32.1 Å². The van der Waals surface area contributed by atoms with Gasteiger partial charge in [0.05, 0.1) is 0 Å². The Morgan fingerprint density at radius 1 is 0.875 bits per heavy atom. The predicted octanol–water partition coefficient (Wildman–Crippen LogP) is 4.25. The maximum atomic E-state index is 2.52. The van der Waals surface area contributed by atoms with Gasteiger partial charge in [0.25, 0.3) is 0 Å². The van der Waals surface area contributed by atoms with E-state index in [4.69, 9.17) is 0 Å². The molecule has 2 aliphatic carbocycles. The molecular weight excluding hydrogens is 192 g/mol. The lowest BCUT2D eigenvalue weighted by atomic mass is 9.93. The third kappa shape index (κ3) is 1.79. The Hall–Kier alpha value is -0.780. The van der Waals surface area contributed by atoms with Crippen LogP contribution in [0.1, 0.15) is 61.4 Å². The molecule has 0 aliphatic heterocycles. The van der Waals surface area contributed by atoms with Crippen LogP contribution < -0.4 is 0 Å². The van der Waals surface area contributed by atoms with Gasteiger partial charge in [-0.25, -0.2) is 0 Å². The first-order valence-electron chi connectivity index (χ1n) is 7.05. The van der Waals surface area contributed by atoms with Gasteiger partial charge in [0, 0.05) is 0 Å². The average molecular weight is 216 g/mol. The fourth-order valence-corrected chi connectivity index (χ4v) is 3.36. The molecule has 0 N–H and O–H groups in total. The van der Waals surface area contributed by atoms with Gasteiger partial charge in [0.1, 0.15) is 0 Å². The summed E-state index contributed by atoms with van der Waals surface area (Å²) in [6.07, 6.45) is 9.44. The lowest BCUT2D eigenvalue weighted by Crippen LogP contribution is -1.99. The standard InChI is InChI=1S/C14H18.C2H6/c1-2-12-13-7-3-5-10(13)9-11-6-4-8-14(11)12;1-2/h9H,2-8H2,1H3;1-2H3. The second-order valence-corrected chi connectivity index (χ2v) is 4.69. The van der Waals surface area contributed by atoms with E-state index >= 15 is 0 Å². The van der Waals surface area contributed by atoms with Crippen molar-refractivity contribution in [2.24, 2.45) is 0 Å². The molecule has 0 saturated heterocycles. The molecule has 0 heteroatoms. The summed E-state index contributed by atoms with van der Waals surface area (Å²) in [6, 6.07) is 2.52. The van der Waals surface area contributed by atoms with Crippen molar-refractivity contribution in [2.45, 2.75) is 65.7 Å². The number of aryl methyl sites for hydroxylation is 2. The molecule has 0 spiro atoms. The normalized spacial score (nSPS) is 16.4. The minimum absolute atomic E-state index is 1.26. The third-order valence-corrected chi connectivity index (χ3v) is 3.95. The van der Waals surface area contributed by atoms with Crippen molar-refractivity contribution >= 4 is 0 Å². The average Bonchev–Trinajstić information content (AvgIpc) is 2.95. The monoisotopic (exact) mass is 216 g/mol. The first kappa shape index (κ1) is 11.7. The Kier molecular flexibility index (Phi) is 3.68. The molecule has 1 aromatic carbocycles. The van der Waals surface area contributed by atoms with Gasteiger partial charge in [-0.2, -0.15) is 0 Å². The van der Waals surface area contributed by atoms with Crippen LogP contribution in [0.25, 0.3) is 0 Å². The number of rotatable bonds is 1. The smallest absolute Gasteiger partial charge is 0.0270 e. The highest BCUT2D eigenvalue weighted by molar-refractivity contribution is 5.50. The van der Waals surface area contributed by atoms with Crippen LogP contribution in [0.3, 0.4) is 0 Å². The SMILES string of the molecule is CC.CCc1c2c(cc3c1CCC3)CCC2. The van der Waals surface area contributed by atoms with Crippen LogP contribution in [0.4, 0.5) is 0 Å². The Bertz CT molecular complexity index is 342. The number of fused-ring (bicyclic) bond motifs is 2. The van der Waals surface area contributed by atoms with E-state index in [1.165, 1.54) is 44.9 Å². The molecule has 0 heterocycles. The first-order chi connectivity index (χ1) is 7.90. The number of hydrogen-bond acceptors (Lipinski definition) is 0. The highest BCUT2D eigenvalue weighted by Gasteiger charge is 2.22. The van der Waals surface area contributed by atoms with Crippen LogP contribution in [0.2, 0.25) is 0 Å². The van der Waals surface area contributed by atoms with Crippen LogP contribution >= 0.6 is 0 Å². The summed E-state index contributed by atoms with van der Waals surface area (Å²) < 4.78 is 0. The lowest BCUT2D eigenvalue weighted by Gasteiger charge is -2.13. The second-order valence-electron chi connectivity index (χ2n) is 4.69. The molecule has 16 heavy (non-hydrogen) atoms. The van der Waals surface area contributed by atoms with Crippen molar-refractivity contribution in [1.29, 1.82) is 0 Å². The van der Waals surface area contributed by atoms with Gasteiger partial charge in [-0.05, 0) is 72.8 Å². The zero-order valence-electron chi connectivity index (χ0n) is 11.0. The van der Waals surface area contributed by atoms with Crippen molar-refractivity contribution in [2.75, 3.05) is 0 Å². The summed E-state index contributed by atoms with van der Waals surface area (Å²) in [5.74, 6) is 0. The van der Waals surface area contributed by atoms with E-state index in [0.29, 0.717) is 0 Å². The van der Waals surface area contributed by atoms with E-state index in [1.807, 2.05) is 13.8 Å². The molecule has 3 rings (SSSR count). The van der Waals surface area contributed by atoms with Gasteiger partial charge in [-0.3, -0.25) is 0 Å². The molecule has 0 saturated carbocycles. The van der Waals surface area contributed by atoms with Gasteiger partial charge in [0.15, 0.2) is 0 Å². The number of benzene rings is 1. The van der Waals surface area contributed by atoms with Crippen molar-refractivity contribution in [3.63, 3.8) is 0 Å². The molecule has 0 unspecified atom stereocenters. The van der Waals surface area contributed by atoms with Crippen molar-refractivity contribution in [1.82, 2.24) is 0 Å². The second kappa shape index (κ2) is 5.03. The van der Waals surface area contributed by atoms with Crippen LogP contribution in [0, 0.1) is 0 Å². The Balaban J connectivity index is 0.000000457. The van der Waals surface area contributed by atoms with Crippen molar-refractivity contribution in [3.8, 4) is 0 Å². The molecule has 0 bridgehead atoms. The maximum absolute atomic E-state index is 2.52. The fraction of sp³-hybridized carbons (Fsp3) is 0.625. The minimum Gasteiger partial charge on any atom is -0.0683 e. The largest absolute Gasteiger partial charge is 0.0683 e. The van der Waals surface area contributed by atoms with Gasteiger partial charge in [0.2, 0.25) is 0 Å². The molecule has 0 radical (unpaired) electrons. The van der Waals surface area contributed by atoms with Crippen LogP contribution in [-0.4, -0.2) is 0 Å². The first-order valence-corrected chi connectivity index (χ1v) is 7.05. The summed E-state index contributed by atoms with van der Waals surface area (Å²) in [6.45, 7) is 6.33. The molecule has 0 fully saturated rings. The van der Waals surface area contributed by atoms with E-state index in [0.717, 1.165) is 0 Å². The highest BCUT2D eigenvalue weighted by atomic mass is 14.3. The molecule has 2 aliphatic rings. The molecular formula is C16H24. The summed E-state index contributed by atoms with van der Waals surface area (Å²) in [4.78, 5) is 0. The van der Waals surface area contributed by atoms with Crippen LogP contribution in [0.15, 0.2) is 6.07 Å². The van der Waals surface area contributed by atoms with E-state index in [1.54, 1.807) is 27.8 Å². The molecule has 0 nitrogen and oxygen atoms in total. The van der Waals surface area contributed by atoms with Crippen molar-refractivity contribution in [3.05, 3.63) is 33.9 Å². The lowest BCUT2D eigenvalue weighted by molar-refractivity contribution is 0.885. The maximum Gasteiger partial charge on any atom is -0.0270 e. The molecule has 0 atom stereocenters. The molecule has 1 aromatic rings. The van der Waals surface area contributed by atoms with E-state index in [-0.39, 0.29) is 0 Å². The molecule has 88 valence electrons. The summed E-state index contributed by atoms with van der Waals surface area (Å²) in [5, 5.41) is 0. The van der Waals surface area contributed by atoms with E-state index < -0.39 is 0 Å². The highest BCUT2D eigenvalue weighted by Crippen LogP contribution is 2.35. The Morgan fingerprint density at radius 2 is 1.38 bits per heavy atom. The zero-order valence-corrected chi connectivity index (χ0v) is 11.0. The van der Waals surface area contributed by atoms with Crippen LogP contribution in [0.5, 0.6) is 0 Å². The van der Waals surface area contributed by atoms with E-state index in [2.05, 4.69) is 13.0 Å². The predicted molar refractivity (Wildman–Crippen MR) is 71.2 cm³/mol. The zero-order chi connectivity index (χ0) is 11.5. The van der Waals surface area contributed by atoms with Gasteiger partial charge < -0.3 is 0 Å². The molecule has 0 aromatic heterocycles. The van der Waals surface area contributed by atoms with Gasteiger partial charge >= 0.3 is 0 Å². The van der Waals surface area contributed by atoms with Gasteiger partial charge in [-0.1, -0.05) is 26.8 Å². The van der Waals surface area contributed by atoms with Gasteiger partial charge in [-0.15, -0.1) is 0 Å². The third-order valence-electron chi connectivity index (χ3n) is 3.95. The quantitative estimate of drug-likeness (QED) is 0.658. The topological polar surface area (TPSA) is 0 Å². The minimum atomic E-state index is 1.26. The molecule has 0 amide bonds. The Morgan fingerprint density at radius 3 is 1.81 bits per heavy atom. The van der Waals surface area contributed by atoms with Crippen molar-refractivity contribution < 1.29 is 0 Å².